The summed E-state index contributed by atoms with van der Waals surface area (Å²) in [6.45, 7) is 14.1. The Hall–Kier alpha value is -1.55. The van der Waals surface area contributed by atoms with Gasteiger partial charge in [-0.3, -0.25) is 14.6 Å². The van der Waals surface area contributed by atoms with Gasteiger partial charge in [0, 0.05) is 57.9 Å². The molecule has 0 bridgehead atoms. The van der Waals surface area contributed by atoms with Crippen LogP contribution in [0.3, 0.4) is 0 Å². The van der Waals surface area contributed by atoms with Gasteiger partial charge in [0.2, 0.25) is 0 Å². The summed E-state index contributed by atoms with van der Waals surface area (Å²) in [4.78, 5) is 19.7. The number of hydrogen-bond donors (Lipinski definition) is 1. The normalized spacial score (nSPS) is 21.6. The van der Waals surface area contributed by atoms with Crippen LogP contribution in [0.1, 0.15) is 31.1 Å². The molecule has 3 rings (SSSR count). The zero-order valence-electron chi connectivity index (χ0n) is 20.4. The summed E-state index contributed by atoms with van der Waals surface area (Å²) in [5.41, 5.74) is 0.426. The SMILES string of the molecule is CC(C)(C)OCC(O)CN1CCOC(CN(CCN2CCOCC2)C(=O)c2ccccc2)C1. The Morgan fingerprint density at radius 3 is 2.55 bits per heavy atom. The monoisotopic (exact) mass is 463 g/mol. The molecule has 186 valence electrons. The zero-order valence-corrected chi connectivity index (χ0v) is 20.4. The van der Waals surface area contributed by atoms with Gasteiger partial charge in [-0.25, -0.2) is 0 Å². The summed E-state index contributed by atoms with van der Waals surface area (Å²) < 4.78 is 17.2. The first-order chi connectivity index (χ1) is 15.8. The number of ether oxygens (including phenoxy) is 3. The Morgan fingerprint density at radius 1 is 1.15 bits per heavy atom. The molecule has 1 aromatic rings. The maximum Gasteiger partial charge on any atom is 0.253 e. The molecule has 2 heterocycles. The lowest BCUT2D eigenvalue weighted by Gasteiger charge is -2.37. The van der Waals surface area contributed by atoms with Gasteiger partial charge in [0.15, 0.2) is 0 Å². The lowest BCUT2D eigenvalue weighted by molar-refractivity contribution is -0.0783. The molecular formula is C25H41N3O5. The van der Waals surface area contributed by atoms with Gasteiger partial charge < -0.3 is 24.2 Å². The fourth-order valence-corrected chi connectivity index (χ4v) is 4.13. The highest BCUT2D eigenvalue weighted by Gasteiger charge is 2.27. The van der Waals surface area contributed by atoms with Crippen molar-refractivity contribution < 1.29 is 24.1 Å². The molecule has 0 saturated carbocycles. The summed E-state index contributed by atoms with van der Waals surface area (Å²) in [7, 11) is 0. The molecule has 0 spiro atoms. The fourth-order valence-electron chi connectivity index (χ4n) is 4.13. The molecule has 2 aliphatic rings. The van der Waals surface area contributed by atoms with E-state index in [0.29, 0.717) is 45.0 Å². The standard InChI is InChI=1S/C25H41N3O5/c1-25(2,3)33-20-22(29)17-27-13-16-32-23(18-27)19-28(10-9-26-11-14-31-15-12-26)24(30)21-7-5-4-6-8-21/h4-8,22-23,29H,9-20H2,1-3H3. The van der Waals surface area contributed by atoms with Crippen LogP contribution < -0.4 is 0 Å². The van der Waals surface area contributed by atoms with E-state index in [1.165, 1.54) is 0 Å². The molecule has 33 heavy (non-hydrogen) atoms. The maximum atomic E-state index is 13.3. The highest BCUT2D eigenvalue weighted by Crippen LogP contribution is 2.13. The zero-order chi connectivity index (χ0) is 23.7. The van der Waals surface area contributed by atoms with E-state index in [2.05, 4.69) is 9.80 Å². The summed E-state index contributed by atoms with van der Waals surface area (Å²) in [6, 6.07) is 9.44. The van der Waals surface area contributed by atoms with E-state index in [4.69, 9.17) is 14.2 Å². The van der Waals surface area contributed by atoms with E-state index in [-0.39, 0.29) is 17.6 Å². The average molecular weight is 464 g/mol. The molecule has 1 amide bonds. The Balaban J connectivity index is 1.56. The van der Waals surface area contributed by atoms with Gasteiger partial charge in [-0.2, -0.15) is 0 Å². The van der Waals surface area contributed by atoms with E-state index in [1.807, 2.05) is 56.0 Å². The van der Waals surface area contributed by atoms with Crippen molar-refractivity contribution in [2.45, 2.75) is 38.6 Å². The van der Waals surface area contributed by atoms with Crippen LogP contribution in [0, 0.1) is 0 Å². The number of aliphatic hydroxyl groups is 1. The number of amides is 1. The number of benzene rings is 1. The predicted molar refractivity (Wildman–Crippen MR) is 127 cm³/mol. The van der Waals surface area contributed by atoms with Crippen LogP contribution in [0.15, 0.2) is 30.3 Å². The minimum atomic E-state index is -0.550. The number of carbonyl (C=O) groups is 1. The first-order valence-corrected chi connectivity index (χ1v) is 12.1. The lowest BCUT2D eigenvalue weighted by atomic mass is 10.1. The molecule has 2 aliphatic heterocycles. The van der Waals surface area contributed by atoms with Crippen molar-refractivity contribution >= 4 is 5.91 Å². The number of rotatable bonds is 10. The Kier molecular flexibility index (Phi) is 10.1. The first kappa shape index (κ1) is 26.1. The van der Waals surface area contributed by atoms with E-state index >= 15 is 0 Å². The van der Waals surface area contributed by atoms with Crippen LogP contribution in [-0.2, 0) is 14.2 Å². The average Bonchev–Trinajstić information content (AvgIpc) is 2.81. The fraction of sp³-hybridized carbons (Fsp3) is 0.720. The molecule has 2 unspecified atom stereocenters. The van der Waals surface area contributed by atoms with Crippen LogP contribution in [0.2, 0.25) is 0 Å². The van der Waals surface area contributed by atoms with Crippen LogP contribution in [0.4, 0.5) is 0 Å². The number of nitrogens with zero attached hydrogens (tertiary/aromatic N) is 3. The van der Waals surface area contributed by atoms with Crippen LogP contribution in [0.5, 0.6) is 0 Å². The van der Waals surface area contributed by atoms with E-state index in [0.717, 1.165) is 39.4 Å². The van der Waals surface area contributed by atoms with Gasteiger partial charge in [0.1, 0.15) is 0 Å². The number of hydrogen-bond acceptors (Lipinski definition) is 7. The lowest BCUT2D eigenvalue weighted by Crippen LogP contribution is -2.52. The number of morpholine rings is 2. The quantitative estimate of drug-likeness (QED) is 0.561. The Labute approximate surface area is 198 Å². The highest BCUT2D eigenvalue weighted by atomic mass is 16.5. The Bertz CT molecular complexity index is 706. The van der Waals surface area contributed by atoms with E-state index in [1.54, 1.807) is 0 Å². The first-order valence-electron chi connectivity index (χ1n) is 12.1. The van der Waals surface area contributed by atoms with Crippen molar-refractivity contribution in [2.75, 3.05) is 78.8 Å². The van der Waals surface area contributed by atoms with Gasteiger partial charge in [-0.05, 0) is 32.9 Å². The summed E-state index contributed by atoms with van der Waals surface area (Å²) in [5, 5.41) is 10.4. The molecular weight excluding hydrogens is 422 g/mol. The second-order valence-corrected chi connectivity index (χ2v) is 9.90. The number of carbonyl (C=O) groups excluding carboxylic acids is 1. The molecule has 8 nitrogen and oxygen atoms in total. The van der Waals surface area contributed by atoms with Crippen LogP contribution in [0.25, 0.3) is 0 Å². The summed E-state index contributed by atoms with van der Waals surface area (Å²) >= 11 is 0. The largest absolute Gasteiger partial charge is 0.389 e. The molecule has 0 aromatic heterocycles. The topological polar surface area (TPSA) is 74.7 Å². The highest BCUT2D eigenvalue weighted by molar-refractivity contribution is 5.94. The van der Waals surface area contributed by atoms with Gasteiger partial charge in [0.05, 0.1) is 44.2 Å². The predicted octanol–water partition coefficient (Wildman–Crippen LogP) is 1.34. The molecule has 0 radical (unpaired) electrons. The second kappa shape index (κ2) is 12.8. The Morgan fingerprint density at radius 2 is 1.85 bits per heavy atom. The molecule has 2 atom stereocenters. The van der Waals surface area contributed by atoms with Crippen LogP contribution in [-0.4, -0.2) is 122 Å². The number of β-amino-alcohol motifs (C(OH)–C–C–N with tert-alkyl or cyclic N) is 1. The van der Waals surface area contributed by atoms with Gasteiger partial charge in [0.25, 0.3) is 5.91 Å². The maximum absolute atomic E-state index is 13.3. The van der Waals surface area contributed by atoms with Crippen molar-refractivity contribution in [1.82, 2.24) is 14.7 Å². The smallest absolute Gasteiger partial charge is 0.253 e. The van der Waals surface area contributed by atoms with Gasteiger partial charge >= 0.3 is 0 Å². The van der Waals surface area contributed by atoms with Crippen molar-refractivity contribution in [3.63, 3.8) is 0 Å². The van der Waals surface area contributed by atoms with Crippen molar-refractivity contribution in [3.8, 4) is 0 Å². The second-order valence-electron chi connectivity index (χ2n) is 9.90. The molecule has 1 N–H and O–H groups in total. The molecule has 1 aromatic carbocycles. The number of aliphatic hydroxyl groups excluding tert-OH is 1. The molecule has 8 heteroatoms. The minimum Gasteiger partial charge on any atom is -0.389 e. The third kappa shape index (κ3) is 9.31. The van der Waals surface area contributed by atoms with E-state index in [9.17, 15) is 9.90 Å². The van der Waals surface area contributed by atoms with Crippen LogP contribution >= 0.6 is 0 Å². The van der Waals surface area contributed by atoms with Crippen molar-refractivity contribution in [1.29, 1.82) is 0 Å². The van der Waals surface area contributed by atoms with Crippen molar-refractivity contribution in [2.24, 2.45) is 0 Å². The summed E-state index contributed by atoms with van der Waals surface area (Å²) in [5.74, 6) is 0.0307. The van der Waals surface area contributed by atoms with Gasteiger partial charge in [-0.15, -0.1) is 0 Å². The third-order valence-corrected chi connectivity index (χ3v) is 5.92. The minimum absolute atomic E-state index is 0.0307. The third-order valence-electron chi connectivity index (χ3n) is 5.92. The molecule has 0 aliphatic carbocycles. The summed E-state index contributed by atoms with van der Waals surface area (Å²) in [6.07, 6.45) is -0.641. The van der Waals surface area contributed by atoms with Crippen molar-refractivity contribution in [3.05, 3.63) is 35.9 Å². The molecule has 2 fully saturated rings. The molecule has 2 saturated heterocycles. The van der Waals surface area contributed by atoms with Gasteiger partial charge in [-0.1, -0.05) is 18.2 Å². The van der Waals surface area contributed by atoms with E-state index < -0.39 is 6.10 Å².